The number of unbranched alkanes of at least 4 members (excludes halogenated alkanes) is 2. The molecule has 0 aliphatic heterocycles. The van der Waals surface area contributed by atoms with Crippen LogP contribution in [-0.4, -0.2) is 6.61 Å². The second-order valence-electron chi connectivity index (χ2n) is 10.1. The maximum atomic E-state index is 15.3. The van der Waals surface area contributed by atoms with Crippen molar-refractivity contribution in [2.75, 3.05) is 6.61 Å². The molecule has 0 saturated heterocycles. The topological polar surface area (TPSA) is 18.5 Å². The second-order valence-corrected chi connectivity index (χ2v) is 10.1. The van der Waals surface area contributed by atoms with Crippen LogP contribution in [-0.2, 0) is 18.5 Å². The molecule has 0 atom stereocenters. The largest absolute Gasteiger partial charge is 0.493 e. The van der Waals surface area contributed by atoms with Gasteiger partial charge in [0.05, 0.1) is 17.7 Å². The molecule has 10 heteroatoms. The predicted molar refractivity (Wildman–Crippen MR) is 132 cm³/mol. The van der Waals surface area contributed by atoms with Crippen LogP contribution >= 0.6 is 0 Å². The first kappa shape index (κ1) is 31.0. The number of rotatable bonds is 10. The molecule has 0 aromatic heterocycles. The van der Waals surface area contributed by atoms with Gasteiger partial charge in [-0.25, -0.2) is 0 Å². The predicted octanol–water partition coefficient (Wildman–Crippen LogP) is 10.4. The minimum Gasteiger partial charge on any atom is -0.493 e. The lowest BCUT2D eigenvalue weighted by Gasteiger charge is -2.29. The lowest BCUT2D eigenvalue weighted by Crippen LogP contribution is -2.30. The van der Waals surface area contributed by atoms with E-state index in [-0.39, 0.29) is 12.5 Å². The van der Waals surface area contributed by atoms with Crippen LogP contribution in [0, 0.1) is 12.8 Å². The first-order chi connectivity index (χ1) is 18.2. The van der Waals surface area contributed by atoms with Crippen LogP contribution in [0.25, 0.3) is 0 Å². The van der Waals surface area contributed by atoms with E-state index in [9.17, 15) is 26.3 Å². The van der Waals surface area contributed by atoms with Crippen molar-refractivity contribution in [1.29, 1.82) is 0 Å². The average molecular weight is 567 g/mol. The lowest BCUT2D eigenvalue weighted by molar-refractivity contribution is -0.198. The molecule has 0 radical (unpaired) electrons. The fourth-order valence-electron chi connectivity index (χ4n) is 5.47. The molecule has 0 N–H and O–H groups in total. The summed E-state index contributed by atoms with van der Waals surface area (Å²) < 4.78 is 123. The highest BCUT2D eigenvalue weighted by Gasteiger charge is 2.53. The summed E-state index contributed by atoms with van der Waals surface area (Å²) in [6, 6.07) is 6.15. The van der Waals surface area contributed by atoms with E-state index >= 15 is 8.78 Å². The summed E-state index contributed by atoms with van der Waals surface area (Å²) in [7, 11) is 0. The van der Waals surface area contributed by atoms with Crippen LogP contribution in [0.3, 0.4) is 0 Å². The van der Waals surface area contributed by atoms with Crippen molar-refractivity contribution in [3.8, 4) is 11.5 Å². The quantitative estimate of drug-likeness (QED) is 0.210. The van der Waals surface area contributed by atoms with Crippen LogP contribution in [0.2, 0.25) is 0 Å². The van der Waals surface area contributed by atoms with Crippen LogP contribution in [0.15, 0.2) is 30.3 Å². The van der Waals surface area contributed by atoms with E-state index in [1.165, 1.54) is 44.7 Å². The van der Waals surface area contributed by atoms with E-state index in [0.717, 1.165) is 38.2 Å². The van der Waals surface area contributed by atoms with Crippen molar-refractivity contribution < 1.29 is 44.6 Å². The molecule has 1 aliphatic rings. The molecule has 2 aromatic rings. The summed E-state index contributed by atoms with van der Waals surface area (Å²) in [4.78, 5) is 0. The Morgan fingerprint density at radius 1 is 0.769 bits per heavy atom. The van der Waals surface area contributed by atoms with Gasteiger partial charge in [0, 0.05) is 0 Å². The SMILES string of the molecule is CCCCCC1CCC(c2ccc(OC(F)(F)c3c(C)cc(OCC)c(C(F)(F)F)c3C(F)(F)F)cc2)CC1. The molecule has 0 amide bonds. The maximum Gasteiger partial charge on any atom is 0.427 e. The lowest BCUT2D eigenvalue weighted by atomic mass is 9.77. The molecule has 0 heterocycles. The zero-order valence-electron chi connectivity index (χ0n) is 22.2. The van der Waals surface area contributed by atoms with Gasteiger partial charge < -0.3 is 9.47 Å². The van der Waals surface area contributed by atoms with E-state index in [1.54, 1.807) is 12.1 Å². The van der Waals surface area contributed by atoms with Gasteiger partial charge in [-0.05, 0) is 80.7 Å². The molecule has 2 nitrogen and oxygen atoms in total. The highest BCUT2D eigenvalue weighted by Crippen LogP contribution is 2.51. The molecular formula is C29H34F8O2. The van der Waals surface area contributed by atoms with E-state index in [1.807, 2.05) is 0 Å². The molecule has 218 valence electrons. The fourth-order valence-corrected chi connectivity index (χ4v) is 5.47. The molecule has 2 aromatic carbocycles. The summed E-state index contributed by atoms with van der Waals surface area (Å²) in [6.07, 6.45) is -7.24. The molecule has 0 spiro atoms. The Morgan fingerprint density at radius 3 is 1.87 bits per heavy atom. The molecule has 1 saturated carbocycles. The van der Waals surface area contributed by atoms with Gasteiger partial charge in [-0.2, -0.15) is 35.1 Å². The molecule has 1 aliphatic carbocycles. The van der Waals surface area contributed by atoms with Crippen LogP contribution in [0.4, 0.5) is 35.1 Å². The van der Waals surface area contributed by atoms with E-state index in [4.69, 9.17) is 4.74 Å². The highest BCUT2D eigenvalue weighted by atomic mass is 19.4. The van der Waals surface area contributed by atoms with Gasteiger partial charge >= 0.3 is 18.5 Å². The molecule has 3 rings (SSSR count). The summed E-state index contributed by atoms with van der Waals surface area (Å²) in [5.74, 6) is -0.705. The van der Waals surface area contributed by atoms with Crippen molar-refractivity contribution in [2.45, 2.75) is 96.5 Å². The molecule has 39 heavy (non-hydrogen) atoms. The first-order valence-electron chi connectivity index (χ1n) is 13.3. The second kappa shape index (κ2) is 12.3. The van der Waals surface area contributed by atoms with E-state index < -0.39 is 52.2 Å². The zero-order valence-corrected chi connectivity index (χ0v) is 22.2. The minimum absolute atomic E-state index is 0.238. The third kappa shape index (κ3) is 7.57. The van der Waals surface area contributed by atoms with Gasteiger partial charge in [0.1, 0.15) is 17.1 Å². The van der Waals surface area contributed by atoms with Crippen molar-refractivity contribution in [2.24, 2.45) is 5.92 Å². The number of alkyl halides is 8. The molecular weight excluding hydrogens is 532 g/mol. The first-order valence-corrected chi connectivity index (χ1v) is 13.3. The number of hydrogen-bond donors (Lipinski definition) is 0. The van der Waals surface area contributed by atoms with Gasteiger partial charge in [-0.1, -0.05) is 44.7 Å². The van der Waals surface area contributed by atoms with Crippen LogP contribution in [0.1, 0.15) is 98.9 Å². The molecule has 0 unspecified atom stereocenters. The van der Waals surface area contributed by atoms with Crippen LogP contribution < -0.4 is 9.47 Å². The van der Waals surface area contributed by atoms with Crippen molar-refractivity contribution in [1.82, 2.24) is 0 Å². The highest BCUT2D eigenvalue weighted by molar-refractivity contribution is 5.54. The summed E-state index contributed by atoms with van der Waals surface area (Å²) >= 11 is 0. The third-order valence-corrected chi connectivity index (χ3v) is 7.31. The van der Waals surface area contributed by atoms with Gasteiger partial charge in [-0.15, -0.1) is 0 Å². The van der Waals surface area contributed by atoms with Gasteiger partial charge in [0.25, 0.3) is 0 Å². The summed E-state index contributed by atoms with van der Waals surface area (Å²) in [6.45, 7) is 3.91. The number of ether oxygens (including phenoxy) is 2. The zero-order chi connectivity index (χ0) is 29.0. The van der Waals surface area contributed by atoms with E-state index in [2.05, 4.69) is 11.7 Å². The van der Waals surface area contributed by atoms with Gasteiger partial charge in [0.15, 0.2) is 0 Å². The molecule has 1 fully saturated rings. The Balaban J connectivity index is 1.87. The Morgan fingerprint density at radius 2 is 1.36 bits per heavy atom. The average Bonchev–Trinajstić information content (AvgIpc) is 2.83. The summed E-state index contributed by atoms with van der Waals surface area (Å²) in [5.41, 5.74) is -6.55. The van der Waals surface area contributed by atoms with Crippen molar-refractivity contribution in [3.05, 3.63) is 58.1 Å². The van der Waals surface area contributed by atoms with Crippen molar-refractivity contribution >= 4 is 0 Å². The monoisotopic (exact) mass is 566 g/mol. The summed E-state index contributed by atoms with van der Waals surface area (Å²) in [5, 5.41) is 0. The maximum absolute atomic E-state index is 15.3. The number of aryl methyl sites for hydroxylation is 1. The normalized spacial score (nSPS) is 18.7. The Labute approximate surface area is 223 Å². The standard InChI is InChI=1S/C29H34F8O2/c1-4-6-7-8-19-9-11-20(12-10-19)21-13-15-22(16-14-21)39-29(36,37)24-18(3)17-23(38-5-2)25(27(30,31)32)26(24)28(33,34)35/h13-17,19-20H,4-12H2,1-3H3. The number of halogens is 8. The number of hydrogen-bond acceptors (Lipinski definition) is 2. The minimum atomic E-state index is -5.76. The Kier molecular flexibility index (Phi) is 9.81. The van der Waals surface area contributed by atoms with Gasteiger partial charge in [0.2, 0.25) is 0 Å². The van der Waals surface area contributed by atoms with Crippen LogP contribution in [0.5, 0.6) is 11.5 Å². The molecule has 0 bridgehead atoms. The Hall–Kier alpha value is -2.52. The van der Waals surface area contributed by atoms with Crippen molar-refractivity contribution in [3.63, 3.8) is 0 Å². The fraction of sp³-hybridized carbons (Fsp3) is 0.586. The van der Waals surface area contributed by atoms with Gasteiger partial charge in [-0.3, -0.25) is 0 Å². The number of benzene rings is 2. The third-order valence-electron chi connectivity index (χ3n) is 7.31. The smallest absolute Gasteiger partial charge is 0.427 e. The Bertz CT molecular complexity index is 1080. The van der Waals surface area contributed by atoms with E-state index in [0.29, 0.717) is 12.0 Å².